The number of nitrogens with zero attached hydrogens (tertiary/aromatic N) is 4. The summed E-state index contributed by atoms with van der Waals surface area (Å²) in [6, 6.07) is 2.17. The van der Waals surface area contributed by atoms with Gasteiger partial charge in [0.15, 0.2) is 0 Å². The number of carbonyl (C=O) groups is 1. The first-order valence-corrected chi connectivity index (χ1v) is 8.45. The van der Waals surface area contributed by atoms with Crippen LogP contribution in [0.5, 0.6) is 0 Å². The summed E-state index contributed by atoms with van der Waals surface area (Å²) in [7, 11) is 0. The lowest BCUT2D eigenvalue weighted by Gasteiger charge is -2.40. The fourth-order valence-corrected chi connectivity index (χ4v) is 3.04. The van der Waals surface area contributed by atoms with Crippen molar-refractivity contribution in [3.05, 3.63) is 12.3 Å². The second kappa shape index (κ2) is 8.42. The first kappa shape index (κ1) is 17.9. The molecule has 0 bridgehead atoms. The van der Waals surface area contributed by atoms with E-state index in [1.165, 1.54) is 0 Å². The number of piperazine rings is 1. The Morgan fingerprint density at radius 1 is 1.52 bits per heavy atom. The van der Waals surface area contributed by atoms with Crippen LogP contribution in [0.3, 0.4) is 0 Å². The molecule has 2 atom stereocenters. The molecule has 2 heterocycles. The molecule has 0 spiro atoms. The standard InChI is InChI=1S/C16H29N5O2/c1-4-7-21-15(5-6-17-21)18-16(23)12-19-8-9-20(11-14(3)22)13(2)10-19/h5-6,13-14,22H,4,7-12H2,1-3H3,(H,18,23)/t13-,14+/m1/s1. The summed E-state index contributed by atoms with van der Waals surface area (Å²) in [6.07, 6.45) is 2.38. The number of aryl methyl sites for hydroxylation is 1. The molecule has 0 aromatic carbocycles. The Morgan fingerprint density at radius 3 is 2.96 bits per heavy atom. The smallest absolute Gasteiger partial charge is 0.239 e. The van der Waals surface area contributed by atoms with E-state index in [4.69, 9.17) is 0 Å². The van der Waals surface area contributed by atoms with E-state index >= 15 is 0 Å². The van der Waals surface area contributed by atoms with Gasteiger partial charge in [-0.2, -0.15) is 5.10 Å². The second-order valence-corrected chi connectivity index (χ2v) is 6.42. The van der Waals surface area contributed by atoms with E-state index in [0.717, 1.165) is 38.4 Å². The van der Waals surface area contributed by atoms with Crippen molar-refractivity contribution in [1.29, 1.82) is 0 Å². The maximum atomic E-state index is 12.3. The van der Waals surface area contributed by atoms with E-state index in [1.807, 2.05) is 17.7 Å². The van der Waals surface area contributed by atoms with E-state index < -0.39 is 0 Å². The number of aliphatic hydroxyl groups is 1. The minimum absolute atomic E-state index is 0.000899. The summed E-state index contributed by atoms with van der Waals surface area (Å²) in [5.74, 6) is 0.761. The Kier molecular flexibility index (Phi) is 6.56. The number of carbonyl (C=O) groups excluding carboxylic acids is 1. The highest BCUT2D eigenvalue weighted by atomic mass is 16.3. The third-order valence-corrected chi connectivity index (χ3v) is 4.13. The van der Waals surface area contributed by atoms with Gasteiger partial charge in [-0.25, -0.2) is 4.68 Å². The quantitative estimate of drug-likeness (QED) is 0.769. The molecule has 1 aromatic heterocycles. The minimum atomic E-state index is -0.314. The molecule has 130 valence electrons. The molecule has 23 heavy (non-hydrogen) atoms. The van der Waals surface area contributed by atoms with Crippen molar-refractivity contribution < 1.29 is 9.90 Å². The van der Waals surface area contributed by atoms with E-state index in [9.17, 15) is 9.90 Å². The zero-order valence-electron chi connectivity index (χ0n) is 14.4. The molecule has 0 saturated carbocycles. The lowest BCUT2D eigenvalue weighted by atomic mass is 10.1. The van der Waals surface area contributed by atoms with Crippen LogP contribution in [0.15, 0.2) is 12.3 Å². The molecule has 1 aliphatic heterocycles. The molecule has 2 rings (SSSR count). The predicted octanol–water partition coefficient (Wildman–Crippen LogP) is 0.619. The fraction of sp³-hybridized carbons (Fsp3) is 0.750. The van der Waals surface area contributed by atoms with Gasteiger partial charge in [0.2, 0.25) is 5.91 Å². The van der Waals surface area contributed by atoms with Crippen molar-refractivity contribution >= 4 is 11.7 Å². The Morgan fingerprint density at radius 2 is 2.30 bits per heavy atom. The number of aromatic nitrogens is 2. The first-order valence-electron chi connectivity index (χ1n) is 8.45. The van der Waals surface area contributed by atoms with Gasteiger partial charge in [-0.15, -0.1) is 0 Å². The summed E-state index contributed by atoms with van der Waals surface area (Å²) in [5.41, 5.74) is 0. The van der Waals surface area contributed by atoms with Gasteiger partial charge in [-0.05, 0) is 20.3 Å². The van der Waals surface area contributed by atoms with Gasteiger partial charge in [0, 0.05) is 44.8 Å². The molecule has 0 radical (unpaired) electrons. The van der Waals surface area contributed by atoms with E-state index in [2.05, 4.69) is 34.1 Å². The molecule has 1 saturated heterocycles. The van der Waals surface area contributed by atoms with Gasteiger partial charge in [0.1, 0.15) is 5.82 Å². The third kappa shape index (κ3) is 5.30. The topological polar surface area (TPSA) is 73.6 Å². The molecule has 2 N–H and O–H groups in total. The summed E-state index contributed by atoms with van der Waals surface area (Å²) < 4.78 is 1.82. The van der Waals surface area contributed by atoms with Gasteiger partial charge < -0.3 is 10.4 Å². The monoisotopic (exact) mass is 323 g/mol. The molecular weight excluding hydrogens is 294 g/mol. The average Bonchev–Trinajstić information content (AvgIpc) is 2.89. The molecule has 7 heteroatoms. The fourth-order valence-electron chi connectivity index (χ4n) is 3.04. The number of hydrogen-bond donors (Lipinski definition) is 2. The van der Waals surface area contributed by atoms with Gasteiger partial charge in [0.25, 0.3) is 0 Å². The van der Waals surface area contributed by atoms with Crippen LogP contribution in [0.25, 0.3) is 0 Å². The van der Waals surface area contributed by atoms with Crippen LogP contribution in [0.1, 0.15) is 27.2 Å². The lowest BCUT2D eigenvalue weighted by Crippen LogP contribution is -2.54. The summed E-state index contributed by atoms with van der Waals surface area (Å²) in [4.78, 5) is 16.7. The van der Waals surface area contributed by atoms with Gasteiger partial charge in [-0.3, -0.25) is 14.6 Å². The van der Waals surface area contributed by atoms with Crippen LogP contribution in [0, 0.1) is 0 Å². The highest BCUT2D eigenvalue weighted by molar-refractivity contribution is 5.91. The third-order valence-electron chi connectivity index (χ3n) is 4.13. The largest absolute Gasteiger partial charge is 0.392 e. The van der Waals surface area contributed by atoms with Crippen LogP contribution in [0.2, 0.25) is 0 Å². The number of hydrogen-bond acceptors (Lipinski definition) is 5. The molecule has 0 aliphatic carbocycles. The number of rotatable bonds is 7. The highest BCUT2D eigenvalue weighted by Crippen LogP contribution is 2.11. The van der Waals surface area contributed by atoms with Crippen molar-refractivity contribution in [3.63, 3.8) is 0 Å². The summed E-state index contributed by atoms with van der Waals surface area (Å²) in [6.45, 7) is 10.5. The molecule has 1 aliphatic rings. The Hall–Kier alpha value is -1.44. The van der Waals surface area contributed by atoms with Crippen LogP contribution in [0.4, 0.5) is 5.82 Å². The summed E-state index contributed by atoms with van der Waals surface area (Å²) in [5, 5.41) is 16.7. The maximum absolute atomic E-state index is 12.3. The minimum Gasteiger partial charge on any atom is -0.392 e. The number of aliphatic hydroxyl groups excluding tert-OH is 1. The van der Waals surface area contributed by atoms with Gasteiger partial charge in [0.05, 0.1) is 18.8 Å². The van der Waals surface area contributed by atoms with Crippen molar-refractivity contribution in [2.45, 2.75) is 45.9 Å². The number of nitrogens with one attached hydrogen (secondary N) is 1. The van der Waals surface area contributed by atoms with Crippen LogP contribution >= 0.6 is 0 Å². The predicted molar refractivity (Wildman–Crippen MR) is 90.3 cm³/mol. The van der Waals surface area contributed by atoms with E-state index in [-0.39, 0.29) is 12.0 Å². The molecule has 1 amide bonds. The van der Waals surface area contributed by atoms with Crippen molar-refractivity contribution in [2.75, 3.05) is 38.0 Å². The molecular formula is C16H29N5O2. The Balaban J connectivity index is 1.81. The zero-order chi connectivity index (χ0) is 16.8. The number of β-amino-alcohol motifs (C(OH)–C–C–N with tert-alkyl or cyclic N) is 1. The molecule has 0 unspecified atom stereocenters. The Labute approximate surface area is 138 Å². The highest BCUT2D eigenvalue weighted by Gasteiger charge is 2.25. The van der Waals surface area contributed by atoms with E-state index in [1.54, 1.807) is 6.20 Å². The lowest BCUT2D eigenvalue weighted by molar-refractivity contribution is -0.118. The van der Waals surface area contributed by atoms with Crippen molar-refractivity contribution in [3.8, 4) is 0 Å². The Bertz CT molecular complexity index is 502. The molecule has 1 aromatic rings. The van der Waals surface area contributed by atoms with Crippen LogP contribution < -0.4 is 5.32 Å². The number of anilines is 1. The SMILES string of the molecule is CCCn1nccc1NC(=O)CN1CCN(C[C@H](C)O)[C@H](C)C1. The van der Waals surface area contributed by atoms with Crippen molar-refractivity contribution in [2.24, 2.45) is 0 Å². The van der Waals surface area contributed by atoms with Crippen LogP contribution in [-0.2, 0) is 11.3 Å². The number of amides is 1. The first-order chi connectivity index (χ1) is 11.0. The van der Waals surface area contributed by atoms with Crippen LogP contribution in [-0.4, -0.2) is 75.5 Å². The van der Waals surface area contributed by atoms with Crippen molar-refractivity contribution in [1.82, 2.24) is 19.6 Å². The second-order valence-electron chi connectivity index (χ2n) is 6.42. The maximum Gasteiger partial charge on any atom is 0.239 e. The summed E-state index contributed by atoms with van der Waals surface area (Å²) >= 11 is 0. The zero-order valence-corrected chi connectivity index (χ0v) is 14.4. The molecule has 7 nitrogen and oxygen atoms in total. The molecule has 1 fully saturated rings. The van der Waals surface area contributed by atoms with E-state index in [0.29, 0.717) is 19.1 Å². The van der Waals surface area contributed by atoms with Gasteiger partial charge >= 0.3 is 0 Å². The van der Waals surface area contributed by atoms with Gasteiger partial charge in [-0.1, -0.05) is 6.92 Å². The average molecular weight is 323 g/mol. The normalized spacial score (nSPS) is 21.3.